The molecule has 1 heterocycles. The van der Waals surface area contributed by atoms with Crippen LogP contribution < -0.4 is 10.1 Å². The van der Waals surface area contributed by atoms with Gasteiger partial charge in [-0.1, -0.05) is 25.1 Å². The zero-order valence-electron chi connectivity index (χ0n) is 13.0. The second kappa shape index (κ2) is 7.97. The molecule has 1 aromatic carbocycles. The molecule has 0 aliphatic carbocycles. The van der Waals surface area contributed by atoms with E-state index in [-0.39, 0.29) is 17.8 Å². The fourth-order valence-electron chi connectivity index (χ4n) is 2.46. The zero-order valence-corrected chi connectivity index (χ0v) is 13.0. The number of hydrogen-bond donors (Lipinski definition) is 1. The van der Waals surface area contributed by atoms with Crippen molar-refractivity contribution < 1.29 is 17.9 Å². The maximum absolute atomic E-state index is 13.3. The predicted octanol–water partition coefficient (Wildman–Crippen LogP) is 4.62. The van der Waals surface area contributed by atoms with Crippen LogP contribution in [-0.4, -0.2) is 11.6 Å². The van der Waals surface area contributed by atoms with Gasteiger partial charge < -0.3 is 10.1 Å². The van der Waals surface area contributed by atoms with Crippen LogP contribution in [0.5, 0.6) is 5.75 Å². The van der Waals surface area contributed by atoms with Gasteiger partial charge in [-0.3, -0.25) is 4.98 Å². The van der Waals surface area contributed by atoms with Crippen molar-refractivity contribution in [1.29, 1.82) is 0 Å². The minimum atomic E-state index is -2.88. The molecule has 0 aliphatic rings. The largest absolute Gasteiger partial charge is 0.434 e. The smallest absolute Gasteiger partial charge is 0.387 e. The molecular formula is C17H19F3N2O. The van der Waals surface area contributed by atoms with Crippen molar-refractivity contribution in [2.24, 2.45) is 0 Å². The van der Waals surface area contributed by atoms with E-state index in [1.807, 2.05) is 13.8 Å². The Hall–Kier alpha value is -2.08. The van der Waals surface area contributed by atoms with Crippen molar-refractivity contribution >= 4 is 0 Å². The van der Waals surface area contributed by atoms with E-state index in [2.05, 4.69) is 15.0 Å². The van der Waals surface area contributed by atoms with Crippen LogP contribution in [0.25, 0.3) is 0 Å². The first-order valence-corrected chi connectivity index (χ1v) is 7.41. The van der Waals surface area contributed by atoms with Crippen LogP contribution in [-0.2, 0) is 0 Å². The molecule has 1 N–H and O–H groups in total. The second-order valence-electron chi connectivity index (χ2n) is 5.20. The zero-order chi connectivity index (χ0) is 16.8. The number of rotatable bonds is 7. The van der Waals surface area contributed by atoms with Crippen molar-refractivity contribution in [1.82, 2.24) is 10.3 Å². The third-order valence-electron chi connectivity index (χ3n) is 3.60. The molecule has 1 aromatic heterocycles. The van der Waals surface area contributed by atoms with Gasteiger partial charge >= 0.3 is 6.61 Å². The first-order valence-electron chi connectivity index (χ1n) is 7.41. The van der Waals surface area contributed by atoms with E-state index in [1.54, 1.807) is 24.4 Å². The Morgan fingerprint density at radius 2 is 1.96 bits per heavy atom. The summed E-state index contributed by atoms with van der Waals surface area (Å²) in [6, 6.07) is 7.68. The quantitative estimate of drug-likeness (QED) is 0.806. The first kappa shape index (κ1) is 17.3. The Morgan fingerprint density at radius 1 is 1.22 bits per heavy atom. The standard InChI is InChI=1S/C17H19F3N2O/c1-3-15(14-6-4-5-7-16(14)23-17(19)20)22-11(2)12-8-13(18)10-21-9-12/h4-11,15,17,22H,3H2,1-2H3/t11-,15+/m0/s1. The van der Waals surface area contributed by atoms with Crippen molar-refractivity contribution in [2.45, 2.75) is 39.0 Å². The van der Waals surface area contributed by atoms with Gasteiger partial charge in [0.15, 0.2) is 0 Å². The third kappa shape index (κ3) is 4.69. The highest BCUT2D eigenvalue weighted by molar-refractivity contribution is 5.36. The normalized spacial score (nSPS) is 13.8. The molecular weight excluding hydrogens is 305 g/mol. The van der Waals surface area contributed by atoms with E-state index in [9.17, 15) is 13.2 Å². The van der Waals surface area contributed by atoms with E-state index in [4.69, 9.17) is 0 Å². The van der Waals surface area contributed by atoms with Crippen LogP contribution in [0.3, 0.4) is 0 Å². The van der Waals surface area contributed by atoms with Gasteiger partial charge in [0.05, 0.1) is 6.20 Å². The maximum Gasteiger partial charge on any atom is 0.387 e. The minimum Gasteiger partial charge on any atom is -0.434 e. The molecule has 0 spiro atoms. The Balaban J connectivity index is 2.20. The summed E-state index contributed by atoms with van der Waals surface area (Å²) in [5.41, 5.74) is 1.34. The number of ether oxygens (including phenoxy) is 1. The van der Waals surface area contributed by atoms with E-state index in [0.717, 1.165) is 6.20 Å². The summed E-state index contributed by atoms with van der Waals surface area (Å²) < 4.78 is 43.0. The molecule has 23 heavy (non-hydrogen) atoms. The summed E-state index contributed by atoms with van der Waals surface area (Å²) in [5, 5.41) is 3.31. The Kier molecular flexibility index (Phi) is 5.98. The SMILES string of the molecule is CC[C@@H](N[C@@H](C)c1cncc(F)c1)c1ccccc1OC(F)F. The first-order chi connectivity index (χ1) is 11.0. The number of para-hydroxylation sites is 1. The fourth-order valence-corrected chi connectivity index (χ4v) is 2.46. The van der Waals surface area contributed by atoms with Gasteiger partial charge in [0.25, 0.3) is 0 Å². The number of nitrogens with one attached hydrogen (secondary N) is 1. The molecule has 2 aromatic rings. The molecule has 3 nitrogen and oxygen atoms in total. The number of halogens is 3. The van der Waals surface area contributed by atoms with Crippen molar-refractivity contribution in [2.75, 3.05) is 0 Å². The second-order valence-corrected chi connectivity index (χ2v) is 5.20. The number of pyridine rings is 1. The lowest BCUT2D eigenvalue weighted by Crippen LogP contribution is -2.25. The molecule has 124 valence electrons. The number of aromatic nitrogens is 1. The number of benzene rings is 1. The molecule has 2 rings (SSSR count). The summed E-state index contributed by atoms with van der Waals surface area (Å²) in [6.07, 6.45) is 3.38. The van der Waals surface area contributed by atoms with E-state index in [0.29, 0.717) is 17.5 Å². The topological polar surface area (TPSA) is 34.2 Å². The maximum atomic E-state index is 13.3. The Morgan fingerprint density at radius 3 is 2.61 bits per heavy atom. The monoisotopic (exact) mass is 324 g/mol. The van der Waals surface area contributed by atoms with Crippen LogP contribution in [0.1, 0.15) is 43.5 Å². The number of nitrogens with zero attached hydrogens (tertiary/aromatic N) is 1. The lowest BCUT2D eigenvalue weighted by Gasteiger charge is -2.24. The molecule has 0 fully saturated rings. The predicted molar refractivity (Wildman–Crippen MR) is 81.9 cm³/mol. The van der Waals surface area contributed by atoms with Crippen molar-refractivity contribution in [3.8, 4) is 5.75 Å². The highest BCUT2D eigenvalue weighted by atomic mass is 19.3. The van der Waals surface area contributed by atoms with Crippen LogP contribution in [0, 0.1) is 5.82 Å². The van der Waals surface area contributed by atoms with Crippen LogP contribution in [0.15, 0.2) is 42.7 Å². The minimum absolute atomic E-state index is 0.145. The molecule has 0 aliphatic heterocycles. The van der Waals surface area contributed by atoms with Crippen LogP contribution in [0.2, 0.25) is 0 Å². The van der Waals surface area contributed by atoms with Crippen LogP contribution in [0.4, 0.5) is 13.2 Å². The Bertz CT molecular complexity index is 637. The average Bonchev–Trinajstić information content (AvgIpc) is 2.52. The van der Waals surface area contributed by atoms with Gasteiger partial charge in [0.1, 0.15) is 11.6 Å². The lowest BCUT2D eigenvalue weighted by atomic mass is 10.0. The summed E-state index contributed by atoms with van der Waals surface area (Å²) >= 11 is 0. The van der Waals surface area contributed by atoms with Crippen molar-refractivity contribution in [3.63, 3.8) is 0 Å². The molecule has 0 amide bonds. The molecule has 2 atom stereocenters. The highest BCUT2D eigenvalue weighted by Gasteiger charge is 2.19. The molecule has 0 bridgehead atoms. The van der Waals surface area contributed by atoms with Gasteiger partial charge in [0.2, 0.25) is 0 Å². The van der Waals surface area contributed by atoms with Gasteiger partial charge in [0, 0.05) is 23.8 Å². The molecule has 0 saturated carbocycles. The number of alkyl halides is 2. The Labute approximate surface area is 133 Å². The van der Waals surface area contributed by atoms with E-state index >= 15 is 0 Å². The lowest BCUT2D eigenvalue weighted by molar-refractivity contribution is -0.0507. The summed E-state index contributed by atoms with van der Waals surface area (Å²) in [7, 11) is 0. The van der Waals surface area contributed by atoms with Gasteiger partial charge in [-0.2, -0.15) is 8.78 Å². The van der Waals surface area contributed by atoms with Gasteiger partial charge in [-0.05, 0) is 31.0 Å². The molecule has 0 radical (unpaired) electrons. The molecule has 6 heteroatoms. The number of hydrogen-bond acceptors (Lipinski definition) is 3. The molecule has 0 unspecified atom stereocenters. The van der Waals surface area contributed by atoms with Crippen molar-refractivity contribution in [3.05, 3.63) is 59.7 Å². The molecule has 0 saturated heterocycles. The average molecular weight is 324 g/mol. The third-order valence-corrected chi connectivity index (χ3v) is 3.60. The van der Waals surface area contributed by atoms with Gasteiger partial charge in [-0.25, -0.2) is 4.39 Å². The summed E-state index contributed by atoms with van der Waals surface area (Å²) in [4.78, 5) is 3.83. The van der Waals surface area contributed by atoms with Gasteiger partial charge in [-0.15, -0.1) is 0 Å². The highest BCUT2D eigenvalue weighted by Crippen LogP contribution is 2.30. The van der Waals surface area contributed by atoms with Crippen LogP contribution >= 0.6 is 0 Å². The van der Waals surface area contributed by atoms with E-state index in [1.165, 1.54) is 12.1 Å². The fraction of sp³-hybridized carbons (Fsp3) is 0.353. The summed E-state index contributed by atoms with van der Waals surface area (Å²) in [6.45, 7) is 0.932. The van der Waals surface area contributed by atoms with E-state index < -0.39 is 12.4 Å². The summed E-state index contributed by atoms with van der Waals surface area (Å²) in [5.74, 6) is -0.267.